The Morgan fingerprint density at radius 2 is 2.06 bits per heavy atom. The summed E-state index contributed by atoms with van der Waals surface area (Å²) in [6.45, 7) is 2.22. The van der Waals surface area contributed by atoms with Gasteiger partial charge in [0.2, 0.25) is 5.91 Å². The smallest absolute Gasteiger partial charge is 0.435 e. The predicted molar refractivity (Wildman–Crippen MR) is 103 cm³/mol. The number of carbonyl (C=O) groups excluding carboxylic acids is 3. The molecule has 3 rings (SSSR count). The van der Waals surface area contributed by atoms with Crippen LogP contribution in [0.2, 0.25) is 0 Å². The molecule has 174 valence electrons. The van der Waals surface area contributed by atoms with Crippen molar-refractivity contribution < 1.29 is 42.2 Å². The van der Waals surface area contributed by atoms with Crippen molar-refractivity contribution in [3.63, 3.8) is 0 Å². The minimum absolute atomic E-state index is 0.122. The molecular formula is C18H19F3N4O6S. The van der Waals surface area contributed by atoms with Crippen LogP contribution in [0, 0.1) is 6.92 Å². The Morgan fingerprint density at radius 1 is 1.38 bits per heavy atom. The number of aromatic nitrogens is 2. The monoisotopic (exact) mass is 476 g/mol. The molecule has 32 heavy (non-hydrogen) atoms. The second-order valence-corrected chi connectivity index (χ2v) is 8.24. The van der Waals surface area contributed by atoms with Gasteiger partial charge < -0.3 is 15.2 Å². The number of ether oxygens (including phenoxy) is 1. The van der Waals surface area contributed by atoms with E-state index in [2.05, 4.69) is 10.4 Å². The van der Waals surface area contributed by atoms with Crippen molar-refractivity contribution >= 4 is 35.5 Å². The summed E-state index contributed by atoms with van der Waals surface area (Å²) in [6, 6.07) is -0.0987. The van der Waals surface area contributed by atoms with Gasteiger partial charge in [0.15, 0.2) is 5.69 Å². The molecule has 2 aliphatic rings. The van der Waals surface area contributed by atoms with Crippen LogP contribution in [0.3, 0.4) is 0 Å². The molecule has 2 amide bonds. The van der Waals surface area contributed by atoms with Crippen LogP contribution in [0.1, 0.15) is 24.7 Å². The molecule has 10 nitrogen and oxygen atoms in total. The Hall–Kier alpha value is -3.03. The quantitative estimate of drug-likeness (QED) is 0.439. The number of hydrogen-bond acceptors (Lipinski definition) is 7. The van der Waals surface area contributed by atoms with E-state index >= 15 is 0 Å². The molecule has 2 N–H and O–H groups in total. The summed E-state index contributed by atoms with van der Waals surface area (Å²) in [4.78, 5) is 48.5. The van der Waals surface area contributed by atoms with E-state index in [9.17, 15) is 37.5 Å². The van der Waals surface area contributed by atoms with Gasteiger partial charge in [-0.15, -0.1) is 11.8 Å². The number of halogens is 3. The number of alkyl halides is 3. The van der Waals surface area contributed by atoms with Crippen LogP contribution in [0.5, 0.6) is 0 Å². The Kier molecular flexibility index (Phi) is 6.53. The zero-order chi connectivity index (χ0) is 23.8. The van der Waals surface area contributed by atoms with Gasteiger partial charge in [-0.25, -0.2) is 4.79 Å². The maximum Gasteiger partial charge on any atom is 0.435 e. The zero-order valence-electron chi connectivity index (χ0n) is 16.9. The Balaban J connectivity index is 1.61. The Morgan fingerprint density at radius 3 is 2.62 bits per heavy atom. The van der Waals surface area contributed by atoms with Crippen LogP contribution in [-0.2, 0) is 36.6 Å². The molecule has 1 aromatic heterocycles. The second kappa shape index (κ2) is 8.84. The molecule has 0 unspecified atom stereocenters. The van der Waals surface area contributed by atoms with Gasteiger partial charge >= 0.3 is 18.1 Å². The highest BCUT2D eigenvalue weighted by Gasteiger charge is 2.54. The minimum Gasteiger partial charge on any atom is -0.477 e. The minimum atomic E-state index is -4.60. The molecule has 1 saturated heterocycles. The summed E-state index contributed by atoms with van der Waals surface area (Å²) in [5.41, 5.74) is -0.842. The molecule has 0 radical (unpaired) electrons. The number of aryl methyl sites for hydroxylation is 2. The van der Waals surface area contributed by atoms with Crippen molar-refractivity contribution in [1.29, 1.82) is 0 Å². The first-order valence-corrected chi connectivity index (χ1v) is 10.4. The largest absolute Gasteiger partial charge is 0.477 e. The number of esters is 1. The van der Waals surface area contributed by atoms with Crippen LogP contribution in [-0.4, -0.2) is 67.3 Å². The number of fused-ring (bicyclic) bond motifs is 1. The first-order valence-electron chi connectivity index (χ1n) is 9.34. The highest BCUT2D eigenvalue weighted by atomic mass is 32.2. The van der Waals surface area contributed by atoms with E-state index in [1.165, 1.54) is 25.6 Å². The normalized spacial score (nSPS) is 20.5. The van der Waals surface area contributed by atoms with E-state index in [4.69, 9.17) is 4.74 Å². The second-order valence-electron chi connectivity index (χ2n) is 7.13. The number of hydrogen-bond donors (Lipinski definition) is 2. The molecule has 0 aliphatic carbocycles. The standard InChI is InChI=1S/C18H19F3N4O6S/c1-8-5-11(18(19,20)21)23-24(8)4-3-12(27)22-13-15(28)25-14(17(29)30)10(6-31-9(2)26)7-32-16(13)25/h5,13,16H,3-4,6-7H2,1-2H3,(H,22,27)(H,29,30)/t13-,16+/m1/s1. The van der Waals surface area contributed by atoms with Crippen molar-refractivity contribution in [2.24, 2.45) is 0 Å². The van der Waals surface area contributed by atoms with Gasteiger partial charge in [-0.1, -0.05) is 0 Å². The third kappa shape index (κ3) is 4.74. The van der Waals surface area contributed by atoms with E-state index in [1.54, 1.807) is 0 Å². The number of rotatable bonds is 7. The fourth-order valence-corrected chi connectivity index (χ4v) is 4.64. The average molecular weight is 476 g/mol. The van der Waals surface area contributed by atoms with Crippen molar-refractivity contribution in [2.45, 2.75) is 44.4 Å². The summed E-state index contributed by atoms with van der Waals surface area (Å²) in [5.74, 6) is -2.99. The maximum absolute atomic E-state index is 12.7. The SMILES string of the molecule is CC(=O)OCC1=C(C(=O)O)N2C(=O)[C@@H](NC(=O)CCn3nc(C(F)(F)F)cc3C)[C@@H]2SC1. The molecule has 1 fully saturated rings. The lowest BCUT2D eigenvalue weighted by atomic mass is 10.0. The number of carboxylic acid groups (broad SMARTS) is 1. The Bertz CT molecular complexity index is 1010. The average Bonchev–Trinajstić information content (AvgIpc) is 3.08. The van der Waals surface area contributed by atoms with E-state index in [0.717, 1.165) is 15.6 Å². The number of carbonyl (C=O) groups is 4. The molecular weight excluding hydrogens is 457 g/mol. The number of aliphatic carboxylic acids is 1. The van der Waals surface area contributed by atoms with Crippen molar-refractivity contribution in [3.05, 3.63) is 28.7 Å². The molecule has 0 spiro atoms. The third-order valence-electron chi connectivity index (χ3n) is 4.84. The molecule has 2 atom stereocenters. The molecule has 3 heterocycles. The number of nitrogens with zero attached hydrogens (tertiary/aromatic N) is 3. The summed E-state index contributed by atoms with van der Waals surface area (Å²) >= 11 is 1.21. The summed E-state index contributed by atoms with van der Waals surface area (Å²) in [6.07, 6.45) is -4.82. The lowest BCUT2D eigenvalue weighted by Gasteiger charge is -2.49. The lowest BCUT2D eigenvalue weighted by Crippen LogP contribution is -2.70. The van der Waals surface area contributed by atoms with E-state index in [-0.39, 0.29) is 42.3 Å². The van der Waals surface area contributed by atoms with Crippen LogP contribution < -0.4 is 5.32 Å². The maximum atomic E-state index is 12.7. The van der Waals surface area contributed by atoms with Crippen molar-refractivity contribution in [3.8, 4) is 0 Å². The number of carboxylic acids is 1. The summed E-state index contributed by atoms with van der Waals surface area (Å²) in [7, 11) is 0. The first-order chi connectivity index (χ1) is 14.9. The van der Waals surface area contributed by atoms with Crippen LogP contribution in [0.4, 0.5) is 13.2 Å². The third-order valence-corrected chi connectivity index (χ3v) is 6.18. The molecule has 14 heteroatoms. The van der Waals surface area contributed by atoms with Crippen LogP contribution in [0.15, 0.2) is 17.3 Å². The topological polar surface area (TPSA) is 131 Å². The fraction of sp³-hybridized carbons (Fsp3) is 0.500. The van der Waals surface area contributed by atoms with E-state index in [0.29, 0.717) is 0 Å². The fourth-order valence-electron chi connectivity index (χ4n) is 3.31. The number of β-lactam (4-membered cyclic amide) rings is 1. The van der Waals surface area contributed by atoms with E-state index in [1.807, 2.05) is 0 Å². The highest BCUT2D eigenvalue weighted by Crippen LogP contribution is 2.40. The summed E-state index contributed by atoms with van der Waals surface area (Å²) < 4.78 is 44.1. The number of thioether (sulfide) groups is 1. The Labute approximate surface area is 183 Å². The van der Waals surface area contributed by atoms with Crippen molar-refractivity contribution in [1.82, 2.24) is 20.0 Å². The highest BCUT2D eigenvalue weighted by molar-refractivity contribution is 8.00. The van der Waals surface area contributed by atoms with Gasteiger partial charge in [-0.2, -0.15) is 18.3 Å². The summed E-state index contributed by atoms with van der Waals surface area (Å²) in [5, 5.41) is 14.8. The van der Waals surface area contributed by atoms with Gasteiger partial charge in [0.1, 0.15) is 23.7 Å². The molecule has 0 aromatic carbocycles. The van der Waals surface area contributed by atoms with Gasteiger partial charge in [0.05, 0.1) is 0 Å². The van der Waals surface area contributed by atoms with Crippen LogP contribution >= 0.6 is 11.8 Å². The number of amides is 2. The van der Waals surface area contributed by atoms with Gasteiger partial charge in [0.25, 0.3) is 5.91 Å². The number of nitrogens with one attached hydrogen (secondary N) is 1. The molecule has 2 aliphatic heterocycles. The van der Waals surface area contributed by atoms with Gasteiger partial charge in [0, 0.05) is 36.9 Å². The van der Waals surface area contributed by atoms with Gasteiger partial charge in [-0.05, 0) is 13.0 Å². The molecule has 1 aromatic rings. The predicted octanol–water partition coefficient (Wildman–Crippen LogP) is 0.902. The van der Waals surface area contributed by atoms with Crippen molar-refractivity contribution in [2.75, 3.05) is 12.4 Å². The zero-order valence-corrected chi connectivity index (χ0v) is 17.7. The first kappa shape index (κ1) is 23.6. The van der Waals surface area contributed by atoms with Gasteiger partial charge in [-0.3, -0.25) is 24.0 Å². The molecule has 0 bridgehead atoms. The van der Waals surface area contributed by atoms with Crippen LogP contribution in [0.25, 0.3) is 0 Å². The molecule has 0 saturated carbocycles. The van der Waals surface area contributed by atoms with E-state index < -0.39 is 47.0 Å². The lowest BCUT2D eigenvalue weighted by molar-refractivity contribution is -0.151.